The first-order chi connectivity index (χ1) is 11.7. The summed E-state index contributed by atoms with van der Waals surface area (Å²) in [6.45, 7) is 0.555. The van der Waals surface area contributed by atoms with E-state index >= 15 is 0 Å². The highest BCUT2D eigenvalue weighted by Crippen LogP contribution is 2.29. The number of alkyl halides is 3. The highest BCUT2D eigenvalue weighted by Gasteiger charge is 2.38. The van der Waals surface area contributed by atoms with E-state index in [0.29, 0.717) is 13.0 Å². The number of anilines is 1. The highest BCUT2D eigenvalue weighted by molar-refractivity contribution is 7.92. The fourth-order valence-electron chi connectivity index (χ4n) is 2.38. The molecule has 3 rings (SSSR count). The molecule has 2 aromatic rings. The zero-order valence-electron chi connectivity index (χ0n) is 12.8. The average Bonchev–Trinajstić information content (AvgIpc) is 3.17. The first kappa shape index (κ1) is 17.7. The lowest BCUT2D eigenvalue weighted by molar-refractivity contribution is -0.159. The second-order valence-corrected chi connectivity index (χ2v) is 7.28. The summed E-state index contributed by atoms with van der Waals surface area (Å²) >= 11 is 0. The van der Waals surface area contributed by atoms with Crippen LogP contribution in [0.25, 0.3) is 11.4 Å². The summed E-state index contributed by atoms with van der Waals surface area (Å²) in [5.41, 5.74) is 0.544. The summed E-state index contributed by atoms with van der Waals surface area (Å²) in [4.78, 5) is 3.27. The van der Waals surface area contributed by atoms with E-state index in [-0.39, 0.29) is 28.9 Å². The van der Waals surface area contributed by atoms with Gasteiger partial charge in [0.05, 0.1) is 11.9 Å². The van der Waals surface area contributed by atoms with Gasteiger partial charge in [-0.15, -0.1) is 0 Å². The SMILES string of the molecule is O=S(=O)(CC1CCCO1)Nc1ccc(-c2noc(C(F)(F)F)n2)cc1. The van der Waals surface area contributed by atoms with Gasteiger partial charge in [0.1, 0.15) is 0 Å². The predicted octanol–water partition coefficient (Wildman–Crippen LogP) is 2.68. The van der Waals surface area contributed by atoms with Crippen LogP contribution in [0.15, 0.2) is 28.8 Å². The van der Waals surface area contributed by atoms with Crippen molar-refractivity contribution in [3.63, 3.8) is 0 Å². The molecule has 1 aliphatic rings. The molecule has 1 aromatic carbocycles. The van der Waals surface area contributed by atoms with Gasteiger partial charge in [0, 0.05) is 17.9 Å². The molecule has 1 unspecified atom stereocenters. The maximum Gasteiger partial charge on any atom is 0.471 e. The third kappa shape index (κ3) is 4.48. The number of benzene rings is 1. The van der Waals surface area contributed by atoms with Crippen LogP contribution in [0.4, 0.5) is 18.9 Å². The maximum absolute atomic E-state index is 12.5. The van der Waals surface area contributed by atoms with Gasteiger partial charge < -0.3 is 9.26 Å². The Labute approximate surface area is 141 Å². The standard InChI is InChI=1S/C14H14F3N3O4S/c15-14(16,17)13-18-12(19-24-13)9-3-5-10(6-4-9)20-25(21,22)8-11-2-1-7-23-11/h3-6,11,20H,1-2,7-8H2. The fraction of sp³-hybridized carbons (Fsp3) is 0.429. The van der Waals surface area contributed by atoms with Gasteiger partial charge in [-0.3, -0.25) is 4.72 Å². The Morgan fingerprint density at radius 1 is 1.24 bits per heavy atom. The molecule has 136 valence electrons. The fourth-order valence-corrected chi connectivity index (χ4v) is 3.72. The Morgan fingerprint density at radius 2 is 1.96 bits per heavy atom. The van der Waals surface area contributed by atoms with Crippen LogP contribution in [0.2, 0.25) is 0 Å². The number of hydrogen-bond acceptors (Lipinski definition) is 6. The molecular weight excluding hydrogens is 363 g/mol. The van der Waals surface area contributed by atoms with E-state index in [2.05, 4.69) is 19.4 Å². The Bertz CT molecular complexity index is 828. The van der Waals surface area contributed by atoms with Crippen molar-refractivity contribution in [2.24, 2.45) is 0 Å². The van der Waals surface area contributed by atoms with Crippen LogP contribution in [0.1, 0.15) is 18.7 Å². The molecule has 0 amide bonds. The molecule has 1 saturated heterocycles. The molecule has 0 aliphatic carbocycles. The summed E-state index contributed by atoms with van der Waals surface area (Å²) in [7, 11) is -3.58. The summed E-state index contributed by atoms with van der Waals surface area (Å²) in [6.07, 6.45) is -3.51. The Morgan fingerprint density at radius 3 is 2.52 bits per heavy atom. The number of hydrogen-bond donors (Lipinski definition) is 1. The molecule has 1 N–H and O–H groups in total. The minimum absolute atomic E-state index is 0.144. The molecule has 7 nitrogen and oxygen atoms in total. The summed E-state index contributed by atoms with van der Waals surface area (Å²) in [5, 5.41) is 3.26. The molecule has 1 aliphatic heterocycles. The first-order valence-corrected chi connectivity index (χ1v) is 9.02. The molecule has 0 saturated carbocycles. The van der Waals surface area contributed by atoms with Crippen molar-refractivity contribution in [3.05, 3.63) is 30.2 Å². The number of ether oxygens (including phenoxy) is 1. The normalized spacial score (nSPS) is 18.4. The number of aromatic nitrogens is 2. The number of halogens is 3. The van der Waals surface area contributed by atoms with Crippen LogP contribution in [0, 0.1) is 0 Å². The Balaban J connectivity index is 1.68. The van der Waals surface area contributed by atoms with E-state index in [9.17, 15) is 21.6 Å². The average molecular weight is 377 g/mol. The number of nitrogens with one attached hydrogen (secondary N) is 1. The number of sulfonamides is 1. The molecular formula is C14H14F3N3O4S. The number of nitrogens with zero attached hydrogens (tertiary/aromatic N) is 2. The smallest absolute Gasteiger partial charge is 0.377 e. The zero-order valence-corrected chi connectivity index (χ0v) is 13.6. The van der Waals surface area contributed by atoms with Crippen molar-refractivity contribution in [3.8, 4) is 11.4 Å². The van der Waals surface area contributed by atoms with Gasteiger partial charge in [-0.25, -0.2) is 8.42 Å². The predicted molar refractivity (Wildman–Crippen MR) is 81.1 cm³/mol. The lowest BCUT2D eigenvalue weighted by Gasteiger charge is -2.12. The molecule has 11 heteroatoms. The summed E-state index contributed by atoms with van der Waals surface area (Å²) in [5.74, 6) is -1.82. The van der Waals surface area contributed by atoms with E-state index in [4.69, 9.17) is 4.74 Å². The van der Waals surface area contributed by atoms with E-state index in [0.717, 1.165) is 6.42 Å². The van der Waals surface area contributed by atoms with E-state index in [1.807, 2.05) is 0 Å². The lowest BCUT2D eigenvalue weighted by atomic mass is 10.2. The zero-order chi connectivity index (χ0) is 18.1. The largest absolute Gasteiger partial charge is 0.471 e. The van der Waals surface area contributed by atoms with Crippen LogP contribution >= 0.6 is 0 Å². The molecule has 0 radical (unpaired) electrons. The second-order valence-electron chi connectivity index (χ2n) is 5.52. The second kappa shape index (κ2) is 6.64. The van der Waals surface area contributed by atoms with Crippen molar-refractivity contribution in [1.82, 2.24) is 10.1 Å². The van der Waals surface area contributed by atoms with E-state index in [1.54, 1.807) is 0 Å². The van der Waals surface area contributed by atoms with Gasteiger partial charge >= 0.3 is 12.1 Å². The van der Waals surface area contributed by atoms with Crippen molar-refractivity contribution in [1.29, 1.82) is 0 Å². The van der Waals surface area contributed by atoms with Gasteiger partial charge in [-0.2, -0.15) is 18.2 Å². The molecule has 1 fully saturated rings. The van der Waals surface area contributed by atoms with Gasteiger partial charge in [0.25, 0.3) is 0 Å². The monoisotopic (exact) mass is 377 g/mol. The van der Waals surface area contributed by atoms with Crippen LogP contribution in [-0.2, 0) is 20.9 Å². The van der Waals surface area contributed by atoms with E-state index in [1.165, 1.54) is 24.3 Å². The van der Waals surface area contributed by atoms with Crippen molar-refractivity contribution >= 4 is 15.7 Å². The molecule has 0 bridgehead atoms. The van der Waals surface area contributed by atoms with Crippen LogP contribution < -0.4 is 4.72 Å². The Hall–Kier alpha value is -2.14. The van der Waals surface area contributed by atoms with Crippen LogP contribution in [0.5, 0.6) is 0 Å². The molecule has 1 aromatic heterocycles. The maximum atomic E-state index is 12.5. The van der Waals surface area contributed by atoms with Gasteiger partial charge in [-0.05, 0) is 37.1 Å². The van der Waals surface area contributed by atoms with E-state index < -0.39 is 22.1 Å². The molecule has 25 heavy (non-hydrogen) atoms. The summed E-state index contributed by atoms with van der Waals surface area (Å²) in [6, 6.07) is 5.61. The van der Waals surface area contributed by atoms with Crippen molar-refractivity contribution in [2.75, 3.05) is 17.1 Å². The molecule has 2 heterocycles. The minimum Gasteiger partial charge on any atom is -0.377 e. The summed E-state index contributed by atoms with van der Waals surface area (Å²) < 4.78 is 73.3. The quantitative estimate of drug-likeness (QED) is 0.861. The lowest BCUT2D eigenvalue weighted by Crippen LogP contribution is -2.25. The van der Waals surface area contributed by atoms with Crippen molar-refractivity contribution in [2.45, 2.75) is 25.1 Å². The van der Waals surface area contributed by atoms with Gasteiger partial charge in [-0.1, -0.05) is 5.16 Å². The van der Waals surface area contributed by atoms with Crippen LogP contribution in [0.3, 0.4) is 0 Å². The highest BCUT2D eigenvalue weighted by atomic mass is 32.2. The molecule has 1 atom stereocenters. The third-order valence-corrected chi connectivity index (χ3v) is 4.87. The van der Waals surface area contributed by atoms with Crippen LogP contribution in [-0.4, -0.2) is 37.0 Å². The Kier molecular flexibility index (Phi) is 4.69. The van der Waals surface area contributed by atoms with Crippen molar-refractivity contribution < 1.29 is 30.8 Å². The minimum atomic E-state index is -4.72. The third-order valence-electron chi connectivity index (χ3n) is 3.51. The molecule has 0 spiro atoms. The number of rotatable bonds is 5. The topological polar surface area (TPSA) is 94.3 Å². The van der Waals surface area contributed by atoms with Gasteiger partial charge in [0.2, 0.25) is 15.8 Å². The first-order valence-electron chi connectivity index (χ1n) is 7.36. The van der Waals surface area contributed by atoms with Gasteiger partial charge in [0.15, 0.2) is 0 Å².